The minimum absolute atomic E-state index is 0.109. The summed E-state index contributed by atoms with van der Waals surface area (Å²) in [5, 5.41) is 2.81. The number of ether oxygens (including phenoxy) is 1. The Morgan fingerprint density at radius 2 is 1.82 bits per heavy atom. The summed E-state index contributed by atoms with van der Waals surface area (Å²) >= 11 is 0. The topological polar surface area (TPSA) is 68.5 Å². The Balaban J connectivity index is 1.15. The van der Waals surface area contributed by atoms with Gasteiger partial charge in [0.15, 0.2) is 5.78 Å². The first-order chi connectivity index (χ1) is 13.6. The molecule has 1 aromatic heterocycles. The first-order valence-corrected chi connectivity index (χ1v) is 10.2. The van der Waals surface area contributed by atoms with Gasteiger partial charge in [-0.25, -0.2) is 0 Å². The molecule has 4 aliphatic carbocycles. The summed E-state index contributed by atoms with van der Waals surface area (Å²) in [6, 6.07) is 10.5. The van der Waals surface area contributed by atoms with E-state index in [-0.39, 0.29) is 23.7 Å². The third-order valence-corrected chi connectivity index (χ3v) is 7.01. The van der Waals surface area contributed by atoms with E-state index in [0.717, 1.165) is 37.0 Å². The van der Waals surface area contributed by atoms with Crippen LogP contribution in [0.3, 0.4) is 0 Å². The van der Waals surface area contributed by atoms with E-state index in [9.17, 15) is 9.59 Å². The van der Waals surface area contributed by atoms with E-state index < -0.39 is 0 Å². The van der Waals surface area contributed by atoms with Crippen LogP contribution in [0.5, 0.6) is 5.75 Å². The molecule has 1 N–H and O–H groups in total. The largest absolute Gasteiger partial charge is 0.486 e. The Hall–Kier alpha value is -2.56. The highest BCUT2D eigenvalue weighted by Gasteiger charge is 2.58. The van der Waals surface area contributed by atoms with E-state index in [4.69, 9.17) is 9.15 Å². The Morgan fingerprint density at radius 3 is 2.46 bits per heavy atom. The predicted octanol–water partition coefficient (Wildman–Crippen LogP) is 3.98. The molecule has 6 rings (SSSR count). The van der Waals surface area contributed by atoms with Crippen molar-refractivity contribution in [1.29, 1.82) is 0 Å². The Kier molecular flexibility index (Phi) is 4.26. The molecule has 2 atom stereocenters. The third kappa shape index (κ3) is 3.13. The fourth-order valence-corrected chi connectivity index (χ4v) is 5.84. The molecule has 1 amide bonds. The van der Waals surface area contributed by atoms with Gasteiger partial charge < -0.3 is 14.5 Å². The fraction of sp³-hybridized carbons (Fsp3) is 0.478. The van der Waals surface area contributed by atoms with E-state index in [1.54, 1.807) is 36.6 Å². The van der Waals surface area contributed by atoms with E-state index in [1.165, 1.54) is 12.8 Å². The normalized spacial score (nSPS) is 29.8. The summed E-state index contributed by atoms with van der Waals surface area (Å²) in [7, 11) is 0. The van der Waals surface area contributed by atoms with E-state index in [2.05, 4.69) is 5.32 Å². The molecule has 1 heterocycles. The molecule has 0 spiro atoms. The standard InChI is InChI=1S/C23H25NO4/c25-21(23-10-15-8-17(11-23)18(9-15)12-23)14-28-19-5-3-16(4-6-19)22(26)24-13-20-2-1-7-27-20/h1-7,15,17-18H,8-14H2,(H,24,26). The van der Waals surface area contributed by atoms with E-state index in [1.807, 2.05) is 6.07 Å². The zero-order valence-electron chi connectivity index (χ0n) is 15.9. The van der Waals surface area contributed by atoms with Crippen LogP contribution >= 0.6 is 0 Å². The van der Waals surface area contributed by atoms with Crippen molar-refractivity contribution < 1.29 is 18.7 Å². The van der Waals surface area contributed by atoms with Gasteiger partial charge in [0.2, 0.25) is 0 Å². The van der Waals surface area contributed by atoms with Gasteiger partial charge in [0.25, 0.3) is 5.91 Å². The van der Waals surface area contributed by atoms with Crippen LogP contribution in [0.4, 0.5) is 0 Å². The van der Waals surface area contributed by atoms with Gasteiger partial charge in [0.05, 0.1) is 12.8 Å². The van der Waals surface area contributed by atoms with Crippen molar-refractivity contribution in [3.05, 3.63) is 54.0 Å². The maximum Gasteiger partial charge on any atom is 0.251 e. The van der Waals surface area contributed by atoms with Gasteiger partial charge >= 0.3 is 0 Å². The lowest BCUT2D eigenvalue weighted by Gasteiger charge is -2.36. The molecule has 0 radical (unpaired) electrons. The molecule has 2 aromatic rings. The second kappa shape index (κ2) is 6.80. The lowest BCUT2D eigenvalue weighted by molar-refractivity contribution is -0.133. The van der Waals surface area contributed by atoms with Gasteiger partial charge in [-0.2, -0.15) is 0 Å². The average Bonchev–Trinajstić information content (AvgIpc) is 3.38. The van der Waals surface area contributed by atoms with Crippen molar-refractivity contribution in [3.8, 4) is 5.75 Å². The van der Waals surface area contributed by atoms with E-state index in [0.29, 0.717) is 23.6 Å². The molecule has 146 valence electrons. The van der Waals surface area contributed by atoms with E-state index >= 15 is 0 Å². The molecule has 4 aliphatic rings. The molecule has 0 aliphatic heterocycles. The number of amides is 1. The van der Waals surface area contributed by atoms with Gasteiger partial charge in [-0.1, -0.05) is 0 Å². The van der Waals surface area contributed by atoms with Crippen LogP contribution in [0.1, 0.15) is 48.2 Å². The van der Waals surface area contributed by atoms with Gasteiger partial charge in [-0.05, 0) is 86.3 Å². The molecule has 5 nitrogen and oxygen atoms in total. The third-order valence-electron chi connectivity index (χ3n) is 7.01. The number of Topliss-reactive ketones (excluding diaryl/α,β-unsaturated/α-hetero) is 1. The summed E-state index contributed by atoms with van der Waals surface area (Å²) < 4.78 is 11.0. The van der Waals surface area contributed by atoms with Gasteiger partial charge in [-0.3, -0.25) is 9.59 Å². The highest BCUT2D eigenvalue weighted by Crippen LogP contribution is 2.64. The van der Waals surface area contributed by atoms with Crippen molar-refractivity contribution in [2.75, 3.05) is 6.61 Å². The number of hydrogen-bond donors (Lipinski definition) is 1. The van der Waals surface area contributed by atoms with Crippen LogP contribution in [0.15, 0.2) is 47.1 Å². The maximum atomic E-state index is 12.9. The molecule has 4 saturated carbocycles. The Labute approximate surface area is 164 Å². The molecule has 0 saturated heterocycles. The number of carbonyl (C=O) groups is 2. The molecular weight excluding hydrogens is 354 g/mol. The summed E-state index contributed by atoms with van der Waals surface area (Å²) in [5.41, 5.74) is 0.442. The number of ketones is 1. The summed E-state index contributed by atoms with van der Waals surface area (Å²) in [6.45, 7) is 0.486. The SMILES string of the molecule is O=C(NCc1ccco1)c1ccc(OCC(=O)C23CC4CC(C2)C(C4)C3)cc1. The van der Waals surface area contributed by atoms with Crippen LogP contribution in [0.25, 0.3) is 0 Å². The van der Waals surface area contributed by atoms with Crippen LogP contribution in [0, 0.1) is 23.2 Å². The smallest absolute Gasteiger partial charge is 0.251 e. The van der Waals surface area contributed by atoms with Crippen molar-refractivity contribution in [1.82, 2.24) is 5.32 Å². The van der Waals surface area contributed by atoms with Crippen molar-refractivity contribution >= 4 is 11.7 Å². The van der Waals surface area contributed by atoms with Crippen LogP contribution in [-0.4, -0.2) is 18.3 Å². The summed E-state index contributed by atoms with van der Waals surface area (Å²) in [5.74, 6) is 3.76. The van der Waals surface area contributed by atoms with Gasteiger partial charge in [-0.15, -0.1) is 0 Å². The first kappa shape index (κ1) is 17.5. The lowest BCUT2D eigenvalue weighted by Crippen LogP contribution is -2.38. The Bertz CT molecular complexity index is 851. The highest BCUT2D eigenvalue weighted by molar-refractivity contribution is 5.94. The monoisotopic (exact) mass is 379 g/mol. The Morgan fingerprint density at radius 1 is 1.07 bits per heavy atom. The molecule has 5 heteroatoms. The number of benzene rings is 1. The second-order valence-electron chi connectivity index (χ2n) is 8.75. The maximum absolute atomic E-state index is 12.9. The summed E-state index contributed by atoms with van der Waals surface area (Å²) in [6.07, 6.45) is 7.47. The van der Waals surface area contributed by atoms with Crippen LogP contribution in [-0.2, 0) is 11.3 Å². The first-order valence-electron chi connectivity index (χ1n) is 10.2. The van der Waals surface area contributed by atoms with Crippen LogP contribution < -0.4 is 10.1 Å². The number of rotatable bonds is 7. The minimum Gasteiger partial charge on any atom is -0.486 e. The number of furan rings is 1. The van der Waals surface area contributed by atoms with Gasteiger partial charge in [0.1, 0.15) is 18.1 Å². The predicted molar refractivity (Wildman–Crippen MR) is 103 cm³/mol. The summed E-state index contributed by atoms with van der Waals surface area (Å²) in [4.78, 5) is 25.1. The van der Waals surface area contributed by atoms with Crippen molar-refractivity contribution in [2.24, 2.45) is 23.2 Å². The van der Waals surface area contributed by atoms with Crippen LogP contribution in [0.2, 0.25) is 0 Å². The highest BCUT2D eigenvalue weighted by atomic mass is 16.5. The molecular formula is C23H25NO4. The number of nitrogens with one attached hydrogen (secondary N) is 1. The second-order valence-corrected chi connectivity index (χ2v) is 8.75. The van der Waals surface area contributed by atoms with Gasteiger partial charge in [0, 0.05) is 11.0 Å². The van der Waals surface area contributed by atoms with Crippen molar-refractivity contribution in [3.63, 3.8) is 0 Å². The molecule has 2 unspecified atom stereocenters. The number of hydrogen-bond acceptors (Lipinski definition) is 4. The average molecular weight is 379 g/mol. The molecule has 4 fully saturated rings. The van der Waals surface area contributed by atoms with Crippen molar-refractivity contribution in [2.45, 2.75) is 38.6 Å². The fourth-order valence-electron chi connectivity index (χ4n) is 5.84. The molecule has 28 heavy (non-hydrogen) atoms. The number of carbonyl (C=O) groups excluding carboxylic acids is 2. The molecule has 4 bridgehead atoms. The molecule has 1 aromatic carbocycles. The quantitative estimate of drug-likeness (QED) is 0.790. The minimum atomic E-state index is -0.170. The zero-order valence-corrected chi connectivity index (χ0v) is 15.9. The lowest BCUT2D eigenvalue weighted by atomic mass is 9.67. The zero-order chi connectivity index (χ0) is 19.1.